The molecule has 0 radical (unpaired) electrons. The fraction of sp³-hybridized carbons (Fsp3) is 0.308. The van der Waals surface area contributed by atoms with Gasteiger partial charge in [0.05, 0.1) is 0 Å². The Morgan fingerprint density at radius 2 is 2.12 bits per heavy atom. The summed E-state index contributed by atoms with van der Waals surface area (Å²) in [5.41, 5.74) is 16.7. The van der Waals surface area contributed by atoms with E-state index in [2.05, 4.69) is 24.9 Å². The Morgan fingerprint density at radius 3 is 2.62 bits per heavy atom. The van der Waals surface area contributed by atoms with Crippen molar-refractivity contribution in [1.82, 2.24) is 0 Å². The van der Waals surface area contributed by atoms with Gasteiger partial charge in [0, 0.05) is 30.7 Å². The van der Waals surface area contributed by atoms with Crippen LogP contribution in [0.1, 0.15) is 23.6 Å². The zero-order valence-electron chi connectivity index (χ0n) is 10.1. The first-order valence-electron chi connectivity index (χ1n) is 5.37. The van der Waals surface area contributed by atoms with Crippen LogP contribution in [0.15, 0.2) is 23.3 Å². The normalized spacial score (nSPS) is 12.3. The molecular formula is C13H19N3. The average Bonchev–Trinajstić information content (AvgIpc) is 2.28. The summed E-state index contributed by atoms with van der Waals surface area (Å²) in [6.07, 6.45) is 4.24. The number of nitrogen functional groups attached to an aromatic ring is 1. The van der Waals surface area contributed by atoms with Crippen molar-refractivity contribution >= 4 is 17.5 Å². The number of benzene rings is 1. The Morgan fingerprint density at radius 1 is 1.44 bits per heavy atom. The van der Waals surface area contributed by atoms with Crippen molar-refractivity contribution in [3.63, 3.8) is 0 Å². The monoisotopic (exact) mass is 217 g/mol. The smallest absolute Gasteiger partial charge is 0.0352 e. The van der Waals surface area contributed by atoms with Gasteiger partial charge in [-0.1, -0.05) is 13.0 Å². The molecule has 1 aromatic carbocycles. The second kappa shape index (κ2) is 5.35. The molecule has 3 heteroatoms. The topological polar surface area (TPSA) is 64.4 Å². The molecule has 0 bridgehead atoms. The van der Waals surface area contributed by atoms with E-state index in [0.29, 0.717) is 0 Å². The summed E-state index contributed by atoms with van der Waals surface area (Å²) >= 11 is 0. The molecule has 0 aliphatic rings. The third-order valence-electron chi connectivity index (χ3n) is 2.63. The molecule has 1 aromatic rings. The molecule has 0 fully saturated rings. The third kappa shape index (κ3) is 2.42. The van der Waals surface area contributed by atoms with E-state index in [1.807, 2.05) is 6.07 Å². The highest BCUT2D eigenvalue weighted by atomic mass is 14.6. The van der Waals surface area contributed by atoms with Crippen molar-refractivity contribution in [1.29, 1.82) is 0 Å². The zero-order valence-corrected chi connectivity index (χ0v) is 10.1. The molecule has 0 spiro atoms. The lowest BCUT2D eigenvalue weighted by atomic mass is 9.97. The van der Waals surface area contributed by atoms with Gasteiger partial charge in [0.2, 0.25) is 0 Å². The predicted molar refractivity (Wildman–Crippen MR) is 71.5 cm³/mol. The second-order valence-corrected chi connectivity index (χ2v) is 3.73. The Balaban J connectivity index is 3.30. The van der Waals surface area contributed by atoms with Gasteiger partial charge < -0.3 is 11.5 Å². The van der Waals surface area contributed by atoms with Gasteiger partial charge >= 0.3 is 0 Å². The van der Waals surface area contributed by atoms with Crippen LogP contribution < -0.4 is 11.5 Å². The quantitative estimate of drug-likeness (QED) is 0.602. The molecule has 4 N–H and O–H groups in total. The van der Waals surface area contributed by atoms with Crippen molar-refractivity contribution in [3.05, 3.63) is 35.0 Å². The highest BCUT2D eigenvalue weighted by molar-refractivity contribution is 6.10. The molecule has 0 heterocycles. The number of aliphatic imine (C=N–C) groups is 1. The number of anilines is 1. The molecule has 0 unspecified atom stereocenters. The predicted octanol–water partition coefficient (Wildman–Crippen LogP) is 2.14. The molecule has 16 heavy (non-hydrogen) atoms. The largest absolute Gasteiger partial charge is 0.404 e. The molecule has 0 aliphatic heterocycles. The lowest BCUT2D eigenvalue weighted by molar-refractivity contribution is 1.13. The van der Waals surface area contributed by atoms with Crippen molar-refractivity contribution in [2.45, 2.75) is 20.3 Å². The summed E-state index contributed by atoms with van der Waals surface area (Å²) in [6, 6.07) is 4.08. The number of hydrogen-bond donors (Lipinski definition) is 2. The summed E-state index contributed by atoms with van der Waals surface area (Å²) in [6.45, 7) is 4.15. The van der Waals surface area contributed by atoms with Gasteiger partial charge in [0.1, 0.15) is 0 Å². The van der Waals surface area contributed by atoms with Crippen molar-refractivity contribution in [2.75, 3.05) is 12.8 Å². The summed E-state index contributed by atoms with van der Waals surface area (Å²) in [5.74, 6) is 0. The lowest BCUT2D eigenvalue weighted by Gasteiger charge is -2.11. The Labute approximate surface area is 96.9 Å². The maximum atomic E-state index is 5.98. The van der Waals surface area contributed by atoms with Crippen LogP contribution in [0, 0.1) is 6.92 Å². The number of hydrogen-bond acceptors (Lipinski definition) is 3. The third-order valence-corrected chi connectivity index (χ3v) is 2.63. The molecule has 86 valence electrons. The van der Waals surface area contributed by atoms with Gasteiger partial charge in [-0.2, -0.15) is 0 Å². The van der Waals surface area contributed by atoms with E-state index in [0.717, 1.165) is 23.2 Å². The molecule has 1 rings (SSSR count). The minimum atomic E-state index is 0.812. The minimum absolute atomic E-state index is 0.812. The maximum Gasteiger partial charge on any atom is 0.0352 e. The van der Waals surface area contributed by atoms with E-state index in [1.165, 1.54) is 11.1 Å². The molecular weight excluding hydrogens is 198 g/mol. The number of allylic oxidation sites excluding steroid dienone is 1. The summed E-state index contributed by atoms with van der Waals surface area (Å²) in [4.78, 5) is 3.98. The van der Waals surface area contributed by atoms with E-state index in [4.69, 9.17) is 11.5 Å². The van der Waals surface area contributed by atoms with Crippen LogP contribution in [0.2, 0.25) is 0 Å². The van der Waals surface area contributed by atoms with E-state index in [-0.39, 0.29) is 0 Å². The summed E-state index contributed by atoms with van der Waals surface area (Å²) in [5, 5.41) is 0. The van der Waals surface area contributed by atoms with Gasteiger partial charge in [-0.3, -0.25) is 4.99 Å². The van der Waals surface area contributed by atoms with Crippen LogP contribution in [-0.4, -0.2) is 13.3 Å². The fourth-order valence-electron chi connectivity index (χ4n) is 1.74. The molecule has 0 aromatic heterocycles. The Hall–Kier alpha value is -1.77. The number of nitrogens with zero attached hydrogens (tertiary/aromatic N) is 1. The van der Waals surface area contributed by atoms with Gasteiger partial charge in [-0.05, 0) is 36.1 Å². The van der Waals surface area contributed by atoms with Crippen LogP contribution in [0.3, 0.4) is 0 Å². The lowest BCUT2D eigenvalue weighted by Crippen LogP contribution is -2.00. The molecule has 0 atom stereocenters. The standard InChI is InChI=1S/C13H19N3/c1-4-10-5-9(2)12(6-13(10)15)11(7-14)8-16-3/h5-8H,4,14-15H2,1-3H3. The first-order chi connectivity index (χ1) is 7.63. The first kappa shape index (κ1) is 12.3. The zero-order chi connectivity index (χ0) is 12.1. The van der Waals surface area contributed by atoms with Crippen molar-refractivity contribution in [2.24, 2.45) is 10.7 Å². The van der Waals surface area contributed by atoms with E-state index in [1.54, 1.807) is 19.5 Å². The van der Waals surface area contributed by atoms with Crippen molar-refractivity contribution < 1.29 is 0 Å². The van der Waals surface area contributed by atoms with Gasteiger partial charge in [-0.15, -0.1) is 0 Å². The summed E-state index contributed by atoms with van der Waals surface area (Å²) in [7, 11) is 1.72. The van der Waals surface area contributed by atoms with Gasteiger partial charge in [0.15, 0.2) is 0 Å². The van der Waals surface area contributed by atoms with Crippen LogP contribution in [0.4, 0.5) is 5.69 Å². The highest BCUT2D eigenvalue weighted by Crippen LogP contribution is 2.23. The van der Waals surface area contributed by atoms with Crippen LogP contribution >= 0.6 is 0 Å². The number of nitrogens with two attached hydrogens (primary N) is 2. The Kier molecular flexibility index (Phi) is 4.11. The van der Waals surface area contributed by atoms with E-state index < -0.39 is 0 Å². The van der Waals surface area contributed by atoms with Crippen LogP contribution in [0.5, 0.6) is 0 Å². The summed E-state index contributed by atoms with van der Waals surface area (Å²) < 4.78 is 0. The SMILES string of the molecule is CCc1cc(C)c(C(C=NC)=CN)cc1N. The van der Waals surface area contributed by atoms with Crippen molar-refractivity contribution in [3.8, 4) is 0 Å². The van der Waals surface area contributed by atoms with E-state index in [9.17, 15) is 0 Å². The molecule has 0 amide bonds. The highest BCUT2D eigenvalue weighted by Gasteiger charge is 2.06. The minimum Gasteiger partial charge on any atom is -0.404 e. The second-order valence-electron chi connectivity index (χ2n) is 3.73. The van der Waals surface area contributed by atoms with E-state index >= 15 is 0 Å². The number of rotatable bonds is 3. The molecule has 0 saturated heterocycles. The first-order valence-corrected chi connectivity index (χ1v) is 5.37. The molecule has 0 saturated carbocycles. The molecule has 0 aliphatic carbocycles. The number of aryl methyl sites for hydroxylation is 2. The average molecular weight is 217 g/mol. The maximum absolute atomic E-state index is 5.98. The van der Waals surface area contributed by atoms with Crippen LogP contribution in [-0.2, 0) is 6.42 Å². The molecule has 3 nitrogen and oxygen atoms in total. The fourth-order valence-corrected chi connectivity index (χ4v) is 1.74. The van der Waals surface area contributed by atoms with Crippen LogP contribution in [0.25, 0.3) is 5.57 Å². The van der Waals surface area contributed by atoms with Gasteiger partial charge in [-0.25, -0.2) is 0 Å². The van der Waals surface area contributed by atoms with Gasteiger partial charge in [0.25, 0.3) is 0 Å². The Bertz CT molecular complexity index is 431.